The van der Waals surface area contributed by atoms with E-state index in [0.29, 0.717) is 19.3 Å². The van der Waals surface area contributed by atoms with Crippen LogP contribution in [-0.4, -0.2) is 37.2 Å². The fourth-order valence-electron chi connectivity index (χ4n) is 10.5. The Morgan fingerprint density at radius 2 is 0.461 bits per heavy atom. The monoisotopic (exact) mass is 1070 g/mol. The average Bonchev–Trinajstić information content (AvgIpc) is 3.42. The van der Waals surface area contributed by atoms with Gasteiger partial charge >= 0.3 is 17.9 Å². The molecule has 0 saturated heterocycles. The summed E-state index contributed by atoms with van der Waals surface area (Å²) in [5.41, 5.74) is 0. The number of ether oxygens (including phenoxy) is 3. The molecule has 0 amide bonds. The summed E-state index contributed by atoms with van der Waals surface area (Å²) in [6.07, 6.45) is 79.3. The van der Waals surface area contributed by atoms with Gasteiger partial charge in [-0.05, 0) is 64.2 Å². The highest BCUT2D eigenvalue weighted by Crippen LogP contribution is 2.18. The Kier molecular flexibility index (Phi) is 63.6. The molecule has 76 heavy (non-hydrogen) atoms. The molecule has 6 nitrogen and oxygen atoms in total. The molecule has 0 aliphatic carbocycles. The van der Waals surface area contributed by atoms with E-state index in [4.69, 9.17) is 14.2 Å². The van der Waals surface area contributed by atoms with Gasteiger partial charge in [0.1, 0.15) is 13.2 Å². The van der Waals surface area contributed by atoms with E-state index in [0.717, 1.165) is 70.6 Å². The molecule has 0 aliphatic rings. The smallest absolute Gasteiger partial charge is 0.306 e. The van der Waals surface area contributed by atoms with Gasteiger partial charge < -0.3 is 14.2 Å². The average molecular weight is 1070 g/mol. The minimum atomic E-state index is -0.772. The van der Waals surface area contributed by atoms with Crippen LogP contribution in [0.25, 0.3) is 0 Å². The van der Waals surface area contributed by atoms with Crippen molar-refractivity contribution in [2.24, 2.45) is 0 Å². The van der Waals surface area contributed by atoms with Crippen LogP contribution in [0.1, 0.15) is 387 Å². The van der Waals surface area contributed by atoms with E-state index < -0.39 is 6.10 Å². The molecule has 1 atom stereocenters. The predicted octanol–water partition coefficient (Wildman–Crippen LogP) is 23.4. The Bertz CT molecular complexity index is 1230. The molecule has 0 heterocycles. The summed E-state index contributed by atoms with van der Waals surface area (Å²) < 4.78 is 16.9. The van der Waals surface area contributed by atoms with Crippen LogP contribution < -0.4 is 0 Å². The molecule has 0 N–H and O–H groups in total. The van der Waals surface area contributed by atoms with Crippen LogP contribution in [0.5, 0.6) is 0 Å². The number of unbranched alkanes of at least 4 members (excludes halogenated alkanes) is 49. The second kappa shape index (κ2) is 65.4. The number of rotatable bonds is 64. The van der Waals surface area contributed by atoms with Gasteiger partial charge in [0.15, 0.2) is 6.10 Å². The Morgan fingerprint density at radius 3 is 0.711 bits per heavy atom. The summed E-state index contributed by atoms with van der Waals surface area (Å²) in [6.45, 7) is 6.64. The molecule has 0 spiro atoms. The normalized spacial score (nSPS) is 12.1. The summed E-state index contributed by atoms with van der Waals surface area (Å²) in [6, 6.07) is 0. The molecular weight excluding hydrogens is 937 g/mol. The molecule has 0 fully saturated rings. The third kappa shape index (κ3) is 62.7. The van der Waals surface area contributed by atoms with E-state index in [1.807, 2.05) is 0 Å². The number of hydrogen-bond acceptors (Lipinski definition) is 6. The summed E-state index contributed by atoms with van der Waals surface area (Å²) in [5.74, 6) is -0.854. The molecule has 0 saturated carbocycles. The first kappa shape index (κ1) is 73.9. The Balaban J connectivity index is 4.15. The molecule has 0 radical (unpaired) electrons. The first-order valence-corrected chi connectivity index (χ1v) is 34.3. The zero-order valence-electron chi connectivity index (χ0n) is 51.6. The van der Waals surface area contributed by atoms with Crippen LogP contribution in [-0.2, 0) is 28.6 Å². The van der Waals surface area contributed by atoms with Crippen molar-refractivity contribution in [1.82, 2.24) is 0 Å². The molecule has 448 valence electrons. The van der Waals surface area contributed by atoms with Crippen LogP contribution in [0.3, 0.4) is 0 Å². The summed E-state index contributed by atoms with van der Waals surface area (Å²) in [5, 5.41) is 0. The molecule has 0 aliphatic heterocycles. The van der Waals surface area contributed by atoms with Crippen molar-refractivity contribution in [3.05, 3.63) is 24.3 Å². The highest BCUT2D eigenvalue weighted by molar-refractivity contribution is 5.71. The number of carbonyl (C=O) groups is 3. The van der Waals surface area contributed by atoms with Crippen LogP contribution in [0.2, 0.25) is 0 Å². The zero-order valence-corrected chi connectivity index (χ0v) is 51.6. The van der Waals surface area contributed by atoms with E-state index in [-0.39, 0.29) is 31.1 Å². The number of carbonyl (C=O) groups excluding carboxylic acids is 3. The van der Waals surface area contributed by atoms with Crippen molar-refractivity contribution in [3.63, 3.8) is 0 Å². The van der Waals surface area contributed by atoms with Crippen molar-refractivity contribution < 1.29 is 28.6 Å². The maximum Gasteiger partial charge on any atom is 0.306 e. The van der Waals surface area contributed by atoms with E-state index in [2.05, 4.69) is 45.1 Å². The lowest BCUT2D eigenvalue weighted by atomic mass is 10.0. The Morgan fingerprint density at radius 1 is 0.250 bits per heavy atom. The molecule has 0 aromatic heterocycles. The maximum atomic E-state index is 12.9. The topological polar surface area (TPSA) is 78.9 Å². The van der Waals surface area contributed by atoms with Gasteiger partial charge in [0.05, 0.1) is 0 Å². The van der Waals surface area contributed by atoms with E-state index in [1.54, 1.807) is 0 Å². The third-order valence-electron chi connectivity index (χ3n) is 15.7. The van der Waals surface area contributed by atoms with Crippen molar-refractivity contribution in [2.75, 3.05) is 13.2 Å². The number of esters is 3. The summed E-state index contributed by atoms with van der Waals surface area (Å²) in [7, 11) is 0. The highest BCUT2D eigenvalue weighted by atomic mass is 16.6. The maximum absolute atomic E-state index is 12.9. The molecular formula is C70H132O6. The van der Waals surface area contributed by atoms with Gasteiger partial charge in [0.2, 0.25) is 0 Å². The van der Waals surface area contributed by atoms with E-state index in [9.17, 15) is 14.4 Å². The lowest BCUT2D eigenvalue weighted by Crippen LogP contribution is -2.30. The predicted molar refractivity (Wildman–Crippen MR) is 330 cm³/mol. The van der Waals surface area contributed by atoms with Crippen LogP contribution >= 0.6 is 0 Å². The van der Waals surface area contributed by atoms with Crippen molar-refractivity contribution in [2.45, 2.75) is 393 Å². The fraction of sp³-hybridized carbons (Fsp3) is 0.900. The first-order valence-electron chi connectivity index (χ1n) is 34.3. The molecule has 0 bridgehead atoms. The third-order valence-corrected chi connectivity index (χ3v) is 15.7. The number of hydrogen-bond donors (Lipinski definition) is 0. The first-order chi connectivity index (χ1) is 37.5. The zero-order chi connectivity index (χ0) is 55.0. The summed E-state index contributed by atoms with van der Waals surface area (Å²) >= 11 is 0. The SMILES string of the molecule is CCC/C=C\CCCCCCCC(=O)OCC(COC(=O)CCCCCCCCCCCCCCCCCCCCCCCCCCC)OC(=O)CCCCCCCCCCCCC/C=C\CCCCCCCCCC. The van der Waals surface area contributed by atoms with Gasteiger partial charge in [0, 0.05) is 19.3 Å². The highest BCUT2D eigenvalue weighted by Gasteiger charge is 2.19. The summed E-state index contributed by atoms with van der Waals surface area (Å²) in [4.78, 5) is 38.3. The Labute approximate surface area is 474 Å². The van der Waals surface area contributed by atoms with Crippen molar-refractivity contribution >= 4 is 17.9 Å². The van der Waals surface area contributed by atoms with Crippen LogP contribution in [0, 0.1) is 0 Å². The van der Waals surface area contributed by atoms with Crippen molar-refractivity contribution in [1.29, 1.82) is 0 Å². The standard InChI is InChI=1S/C70H132O6/c1-4-7-10-13-16-19-22-24-26-28-30-32-34-35-37-38-40-42-44-46-48-51-54-57-60-63-69(72)75-66-67(65-74-68(71)62-59-56-53-50-21-18-15-12-9-6-3)76-70(73)64-61-58-55-52-49-47-45-43-41-39-36-33-31-29-27-25-23-20-17-14-11-8-5-2/h12,15,29,31,67H,4-11,13-14,16-28,30,32-66H2,1-3H3/b15-12-,31-29-. The largest absolute Gasteiger partial charge is 0.462 e. The lowest BCUT2D eigenvalue weighted by Gasteiger charge is -2.18. The van der Waals surface area contributed by atoms with Gasteiger partial charge in [0.25, 0.3) is 0 Å². The second-order valence-electron chi connectivity index (χ2n) is 23.4. The van der Waals surface area contributed by atoms with Crippen molar-refractivity contribution in [3.8, 4) is 0 Å². The van der Waals surface area contributed by atoms with E-state index >= 15 is 0 Å². The minimum absolute atomic E-state index is 0.0690. The molecule has 6 heteroatoms. The van der Waals surface area contributed by atoms with Gasteiger partial charge in [-0.3, -0.25) is 14.4 Å². The lowest BCUT2D eigenvalue weighted by molar-refractivity contribution is -0.167. The van der Waals surface area contributed by atoms with Gasteiger partial charge in [-0.2, -0.15) is 0 Å². The second-order valence-corrected chi connectivity index (χ2v) is 23.4. The minimum Gasteiger partial charge on any atom is -0.462 e. The van der Waals surface area contributed by atoms with Gasteiger partial charge in [-0.25, -0.2) is 0 Å². The molecule has 0 rings (SSSR count). The van der Waals surface area contributed by atoms with E-state index in [1.165, 1.54) is 276 Å². The molecule has 0 aromatic carbocycles. The fourth-order valence-corrected chi connectivity index (χ4v) is 10.5. The molecule has 0 aromatic rings. The van der Waals surface area contributed by atoms with Crippen LogP contribution in [0.15, 0.2) is 24.3 Å². The quantitative estimate of drug-likeness (QED) is 0.0261. The van der Waals surface area contributed by atoms with Gasteiger partial charge in [-0.15, -0.1) is 0 Å². The van der Waals surface area contributed by atoms with Gasteiger partial charge in [-0.1, -0.05) is 328 Å². The molecule has 1 unspecified atom stereocenters. The number of allylic oxidation sites excluding steroid dienone is 4. The Hall–Kier alpha value is -2.11. The van der Waals surface area contributed by atoms with Crippen LogP contribution in [0.4, 0.5) is 0 Å².